The van der Waals surface area contributed by atoms with Crippen molar-refractivity contribution in [3.05, 3.63) is 0 Å². The van der Waals surface area contributed by atoms with Crippen molar-refractivity contribution in [3.63, 3.8) is 0 Å². The zero-order valence-electron chi connectivity index (χ0n) is 20.1. The SMILES string of the molecule is O=C(OCC1CCCCC1)C1CCC(C2CC2C(=O)NC2CC3CCNCC3CC2Cl)CC1. The molecular formula is C27H43ClN2O3. The highest BCUT2D eigenvalue weighted by Gasteiger charge is 2.49. The van der Waals surface area contributed by atoms with Crippen LogP contribution in [0.4, 0.5) is 0 Å². The van der Waals surface area contributed by atoms with Crippen LogP contribution in [0.25, 0.3) is 0 Å². The molecule has 0 aromatic rings. The van der Waals surface area contributed by atoms with Crippen LogP contribution in [-0.4, -0.2) is 43.0 Å². The van der Waals surface area contributed by atoms with Gasteiger partial charge >= 0.3 is 5.97 Å². The summed E-state index contributed by atoms with van der Waals surface area (Å²) >= 11 is 6.69. The predicted molar refractivity (Wildman–Crippen MR) is 130 cm³/mol. The maximum atomic E-state index is 13.0. The molecular weight excluding hydrogens is 436 g/mol. The van der Waals surface area contributed by atoms with Gasteiger partial charge in [-0.2, -0.15) is 0 Å². The van der Waals surface area contributed by atoms with E-state index in [1.165, 1.54) is 38.5 Å². The number of esters is 1. The van der Waals surface area contributed by atoms with E-state index >= 15 is 0 Å². The smallest absolute Gasteiger partial charge is 0.308 e. The maximum Gasteiger partial charge on any atom is 0.308 e. The van der Waals surface area contributed by atoms with Crippen LogP contribution in [0.1, 0.15) is 83.5 Å². The summed E-state index contributed by atoms with van der Waals surface area (Å²) in [5, 5.41) is 6.89. The fourth-order valence-electron chi connectivity index (χ4n) is 7.42. The topological polar surface area (TPSA) is 67.4 Å². The van der Waals surface area contributed by atoms with Crippen LogP contribution in [0.3, 0.4) is 0 Å². The van der Waals surface area contributed by atoms with E-state index in [1.54, 1.807) is 0 Å². The predicted octanol–water partition coefficient (Wildman–Crippen LogP) is 4.66. The van der Waals surface area contributed by atoms with E-state index in [0.717, 1.165) is 58.0 Å². The van der Waals surface area contributed by atoms with Crippen molar-refractivity contribution >= 4 is 23.5 Å². The lowest BCUT2D eigenvalue weighted by atomic mass is 9.73. The van der Waals surface area contributed by atoms with Crippen LogP contribution in [0, 0.1) is 41.4 Å². The van der Waals surface area contributed by atoms with Gasteiger partial charge in [-0.15, -0.1) is 11.6 Å². The summed E-state index contributed by atoms with van der Waals surface area (Å²) in [6.45, 7) is 2.80. The number of hydrogen-bond donors (Lipinski definition) is 2. The Morgan fingerprint density at radius 2 is 1.67 bits per heavy atom. The summed E-state index contributed by atoms with van der Waals surface area (Å²) < 4.78 is 5.70. The van der Waals surface area contributed by atoms with Crippen molar-refractivity contribution < 1.29 is 14.3 Å². The van der Waals surface area contributed by atoms with E-state index < -0.39 is 0 Å². The molecule has 0 aromatic heterocycles. The van der Waals surface area contributed by atoms with Crippen LogP contribution >= 0.6 is 11.6 Å². The van der Waals surface area contributed by atoms with Crippen molar-refractivity contribution in [2.24, 2.45) is 41.4 Å². The lowest BCUT2D eigenvalue weighted by Crippen LogP contribution is -2.51. The number of piperidine rings is 1. The first-order valence-electron chi connectivity index (χ1n) is 13.9. The van der Waals surface area contributed by atoms with Crippen molar-refractivity contribution in [2.75, 3.05) is 19.7 Å². The lowest BCUT2D eigenvalue weighted by molar-refractivity contribution is -0.151. The van der Waals surface area contributed by atoms with Crippen molar-refractivity contribution in [3.8, 4) is 0 Å². The van der Waals surface area contributed by atoms with Crippen molar-refractivity contribution in [1.29, 1.82) is 0 Å². The van der Waals surface area contributed by atoms with Gasteiger partial charge in [0.15, 0.2) is 0 Å². The second-order valence-corrected chi connectivity index (χ2v) is 12.4. The molecule has 6 heteroatoms. The van der Waals surface area contributed by atoms with Gasteiger partial charge in [0.1, 0.15) is 0 Å². The first-order chi connectivity index (χ1) is 16.1. The minimum Gasteiger partial charge on any atom is -0.465 e. The third-order valence-electron chi connectivity index (χ3n) is 9.69. The molecule has 1 heterocycles. The van der Waals surface area contributed by atoms with Gasteiger partial charge < -0.3 is 15.4 Å². The number of fused-ring (bicyclic) bond motifs is 1. The average Bonchev–Trinajstić information content (AvgIpc) is 3.65. The van der Waals surface area contributed by atoms with Crippen LogP contribution in [0.15, 0.2) is 0 Å². The molecule has 186 valence electrons. The summed E-state index contributed by atoms with van der Waals surface area (Å²) in [6, 6.07) is 0.134. The standard InChI is InChI=1S/C27H43ClN2O3/c28-24-12-21-15-29-11-10-20(21)13-25(24)30-26(31)23-14-22(23)18-6-8-19(9-7-18)27(32)33-16-17-4-2-1-3-5-17/h17-25,29H,1-16H2,(H,30,31). The highest BCUT2D eigenvalue weighted by Crippen LogP contribution is 2.50. The third kappa shape index (κ3) is 5.89. The fourth-order valence-corrected chi connectivity index (χ4v) is 7.82. The number of nitrogens with one attached hydrogen (secondary N) is 2. The minimum absolute atomic E-state index is 0.0331. The second kappa shape index (κ2) is 10.8. The molecule has 5 rings (SSSR count). The number of carbonyl (C=O) groups is 2. The molecule has 5 fully saturated rings. The Labute approximate surface area is 204 Å². The zero-order chi connectivity index (χ0) is 22.8. The molecule has 0 spiro atoms. The third-order valence-corrected chi connectivity index (χ3v) is 10.2. The van der Waals surface area contributed by atoms with E-state index in [2.05, 4.69) is 10.6 Å². The van der Waals surface area contributed by atoms with E-state index in [4.69, 9.17) is 16.3 Å². The second-order valence-electron chi connectivity index (χ2n) is 11.9. The first kappa shape index (κ1) is 23.9. The number of rotatable bonds is 6. The van der Waals surface area contributed by atoms with E-state index in [-0.39, 0.29) is 35.1 Å². The highest BCUT2D eigenvalue weighted by atomic mass is 35.5. The van der Waals surface area contributed by atoms with Gasteiger partial charge in [-0.25, -0.2) is 0 Å². The lowest BCUT2D eigenvalue weighted by Gasteiger charge is -2.42. The summed E-state index contributed by atoms with van der Waals surface area (Å²) in [6.07, 6.45) is 14.6. The van der Waals surface area contributed by atoms with Crippen molar-refractivity contribution in [2.45, 2.75) is 94.9 Å². The molecule has 1 aliphatic heterocycles. The van der Waals surface area contributed by atoms with Gasteiger partial charge in [0, 0.05) is 12.0 Å². The molecule has 5 nitrogen and oxygen atoms in total. The largest absolute Gasteiger partial charge is 0.465 e. The minimum atomic E-state index is 0.0331. The molecule has 4 aliphatic carbocycles. The Morgan fingerprint density at radius 1 is 0.879 bits per heavy atom. The first-order valence-corrected chi connectivity index (χ1v) is 14.3. The van der Waals surface area contributed by atoms with Gasteiger partial charge in [0.05, 0.1) is 17.9 Å². The van der Waals surface area contributed by atoms with Crippen LogP contribution in [0.2, 0.25) is 0 Å². The van der Waals surface area contributed by atoms with Crippen LogP contribution in [0.5, 0.6) is 0 Å². The molecule has 1 amide bonds. The number of alkyl halides is 1. The van der Waals surface area contributed by atoms with Gasteiger partial charge in [-0.1, -0.05) is 19.3 Å². The highest BCUT2D eigenvalue weighted by molar-refractivity contribution is 6.21. The number of hydrogen-bond acceptors (Lipinski definition) is 4. The Kier molecular flexibility index (Phi) is 7.86. The van der Waals surface area contributed by atoms with E-state index in [0.29, 0.717) is 36.2 Å². The average molecular weight is 479 g/mol. The molecule has 4 saturated carbocycles. The van der Waals surface area contributed by atoms with Gasteiger partial charge in [-0.05, 0) is 107 Å². The maximum absolute atomic E-state index is 13.0. The summed E-state index contributed by atoms with van der Waals surface area (Å²) in [7, 11) is 0. The molecule has 2 N–H and O–H groups in total. The number of halogens is 1. The molecule has 0 bridgehead atoms. The molecule has 1 saturated heterocycles. The Hall–Kier alpha value is -0.810. The van der Waals surface area contributed by atoms with Crippen LogP contribution < -0.4 is 10.6 Å². The van der Waals surface area contributed by atoms with E-state index in [9.17, 15) is 9.59 Å². The Morgan fingerprint density at radius 3 is 2.45 bits per heavy atom. The number of carbonyl (C=O) groups excluding carboxylic acids is 2. The molecule has 6 atom stereocenters. The fraction of sp³-hybridized carbons (Fsp3) is 0.926. The van der Waals surface area contributed by atoms with Gasteiger partial charge in [0.25, 0.3) is 0 Å². The van der Waals surface area contributed by atoms with E-state index in [1.807, 2.05) is 0 Å². The quantitative estimate of drug-likeness (QED) is 0.430. The normalized spacial score (nSPS) is 41.6. The Balaban J connectivity index is 1.02. The Bertz CT molecular complexity index is 689. The molecule has 6 unspecified atom stereocenters. The number of ether oxygens (including phenoxy) is 1. The molecule has 0 aromatic carbocycles. The molecule has 33 heavy (non-hydrogen) atoms. The summed E-state index contributed by atoms with van der Waals surface area (Å²) in [5.41, 5.74) is 0. The summed E-state index contributed by atoms with van der Waals surface area (Å²) in [4.78, 5) is 25.5. The molecule has 5 aliphatic rings. The van der Waals surface area contributed by atoms with Crippen LogP contribution in [-0.2, 0) is 14.3 Å². The molecule has 0 radical (unpaired) electrons. The summed E-state index contributed by atoms with van der Waals surface area (Å²) in [5.74, 6) is 3.57. The van der Waals surface area contributed by atoms with Crippen molar-refractivity contribution in [1.82, 2.24) is 10.6 Å². The van der Waals surface area contributed by atoms with Gasteiger partial charge in [-0.3, -0.25) is 9.59 Å². The van der Waals surface area contributed by atoms with Gasteiger partial charge in [0.2, 0.25) is 5.91 Å². The monoisotopic (exact) mass is 478 g/mol. The zero-order valence-corrected chi connectivity index (χ0v) is 20.9. The number of amides is 1.